The van der Waals surface area contributed by atoms with Gasteiger partial charge in [-0.3, -0.25) is 4.79 Å². The zero-order valence-electron chi connectivity index (χ0n) is 17.0. The van der Waals surface area contributed by atoms with E-state index >= 15 is 0 Å². The molecule has 0 aliphatic carbocycles. The molecular formula is C22H21N3O5S2. The highest BCUT2D eigenvalue weighted by Gasteiger charge is 2.22. The van der Waals surface area contributed by atoms with Crippen molar-refractivity contribution in [1.29, 1.82) is 0 Å². The summed E-state index contributed by atoms with van der Waals surface area (Å²) < 4.78 is 24.6. The number of nitrogens with one attached hydrogen (secondary N) is 2. The van der Waals surface area contributed by atoms with Gasteiger partial charge in [-0.15, -0.1) is 0 Å². The summed E-state index contributed by atoms with van der Waals surface area (Å²) in [5, 5.41) is 20.7. The Morgan fingerprint density at radius 1 is 1.03 bits per heavy atom. The number of carbonyl (C=O) groups is 2. The van der Waals surface area contributed by atoms with E-state index in [-0.39, 0.29) is 21.3 Å². The van der Waals surface area contributed by atoms with E-state index in [9.17, 15) is 23.1 Å². The third kappa shape index (κ3) is 6.10. The molecule has 0 aromatic heterocycles. The zero-order chi connectivity index (χ0) is 23.3. The molecule has 5 N–H and O–H groups in total. The third-order valence-electron chi connectivity index (χ3n) is 4.33. The van der Waals surface area contributed by atoms with Crippen molar-refractivity contribution in [2.45, 2.75) is 28.2 Å². The fraction of sp³-hybridized carbons (Fsp3) is 0.0909. The Morgan fingerprint density at radius 2 is 1.69 bits per heavy atom. The summed E-state index contributed by atoms with van der Waals surface area (Å²) in [6.07, 6.45) is 0. The van der Waals surface area contributed by atoms with Gasteiger partial charge in [0.2, 0.25) is 15.9 Å². The predicted molar refractivity (Wildman–Crippen MR) is 123 cm³/mol. The molecule has 3 aromatic carbocycles. The second-order valence-electron chi connectivity index (χ2n) is 6.85. The molecule has 0 bridgehead atoms. The summed E-state index contributed by atoms with van der Waals surface area (Å²) in [5.74, 6) is -1.48. The van der Waals surface area contributed by atoms with Gasteiger partial charge in [-0.2, -0.15) is 0 Å². The summed E-state index contributed by atoms with van der Waals surface area (Å²) in [6, 6.07) is 18.6. The molecule has 3 rings (SSSR count). The minimum atomic E-state index is -4.22. The van der Waals surface area contributed by atoms with Crippen molar-refractivity contribution in [3.8, 4) is 0 Å². The summed E-state index contributed by atoms with van der Waals surface area (Å²) in [6.45, 7) is 1.75. The number of primary sulfonamides is 1. The second-order valence-corrected chi connectivity index (χ2v) is 9.46. The Labute approximate surface area is 189 Å². The summed E-state index contributed by atoms with van der Waals surface area (Å²) in [7, 11) is -4.22. The van der Waals surface area contributed by atoms with Crippen LogP contribution < -0.4 is 15.8 Å². The fourth-order valence-electron chi connectivity index (χ4n) is 2.89. The lowest BCUT2D eigenvalue weighted by Gasteiger charge is -2.17. The molecular weight excluding hydrogens is 450 g/mol. The van der Waals surface area contributed by atoms with Crippen molar-refractivity contribution in [1.82, 2.24) is 0 Å². The fourth-order valence-corrected chi connectivity index (χ4v) is 4.94. The Morgan fingerprint density at radius 3 is 2.25 bits per heavy atom. The number of anilines is 2. The Balaban J connectivity index is 2.04. The van der Waals surface area contributed by atoms with E-state index in [1.165, 1.54) is 13.0 Å². The molecule has 8 nitrogen and oxygen atoms in total. The lowest BCUT2D eigenvalue weighted by Crippen LogP contribution is -2.16. The molecule has 0 atom stereocenters. The largest absolute Gasteiger partial charge is 0.478 e. The first kappa shape index (κ1) is 23.3. The molecule has 32 heavy (non-hydrogen) atoms. The molecule has 0 saturated heterocycles. The molecule has 0 heterocycles. The molecule has 0 spiro atoms. The maximum atomic E-state index is 12.3. The first-order valence-electron chi connectivity index (χ1n) is 9.41. The number of hydrogen-bond acceptors (Lipinski definition) is 6. The second kappa shape index (κ2) is 9.86. The van der Waals surface area contributed by atoms with Crippen molar-refractivity contribution >= 4 is 45.0 Å². The molecule has 0 saturated carbocycles. The molecule has 0 aliphatic heterocycles. The smallest absolute Gasteiger partial charge is 0.335 e. The molecule has 0 unspecified atom stereocenters. The van der Waals surface area contributed by atoms with Crippen molar-refractivity contribution in [2.75, 3.05) is 10.6 Å². The number of amides is 1. The average molecular weight is 472 g/mol. The maximum absolute atomic E-state index is 12.3. The molecule has 0 aliphatic rings. The van der Waals surface area contributed by atoms with Gasteiger partial charge < -0.3 is 15.7 Å². The van der Waals surface area contributed by atoms with Gasteiger partial charge >= 0.3 is 5.97 Å². The molecule has 166 valence electrons. The van der Waals surface area contributed by atoms with Crippen LogP contribution in [-0.4, -0.2) is 25.4 Å². The predicted octanol–water partition coefficient (Wildman–Crippen LogP) is 3.75. The van der Waals surface area contributed by atoms with E-state index in [4.69, 9.17) is 5.14 Å². The number of sulfonamides is 1. The molecule has 0 radical (unpaired) electrons. The van der Waals surface area contributed by atoms with Gasteiger partial charge in [-0.1, -0.05) is 42.1 Å². The minimum absolute atomic E-state index is 0.199. The Bertz CT molecular complexity index is 1240. The Hall–Kier alpha value is -3.34. The van der Waals surface area contributed by atoms with Crippen molar-refractivity contribution in [2.24, 2.45) is 5.14 Å². The standard InChI is InChI=1S/C22H21N3O5S2/c1-14(26)25-17-7-9-18(10-8-17)31-21-19(24-13-15-5-3-2-4-6-15)11-16(22(27)28)12-20(21)32(23,29)30/h2-12,24H,13H2,1H3,(H,25,26)(H,27,28)(H2,23,29,30). The van der Waals surface area contributed by atoms with Gasteiger partial charge in [-0.25, -0.2) is 18.4 Å². The lowest BCUT2D eigenvalue weighted by molar-refractivity contribution is -0.114. The monoisotopic (exact) mass is 471 g/mol. The lowest BCUT2D eigenvalue weighted by atomic mass is 10.2. The first-order chi connectivity index (χ1) is 15.1. The highest BCUT2D eigenvalue weighted by atomic mass is 32.2. The van der Waals surface area contributed by atoms with Gasteiger partial charge in [0.05, 0.1) is 21.0 Å². The molecule has 10 heteroatoms. The quantitative estimate of drug-likeness (QED) is 0.392. The van der Waals surface area contributed by atoms with E-state index in [0.717, 1.165) is 23.4 Å². The van der Waals surface area contributed by atoms with Crippen LogP contribution in [0.1, 0.15) is 22.8 Å². The number of rotatable bonds is 8. The van der Waals surface area contributed by atoms with E-state index in [0.29, 0.717) is 22.8 Å². The highest BCUT2D eigenvalue weighted by molar-refractivity contribution is 8.00. The summed E-state index contributed by atoms with van der Waals surface area (Å²) >= 11 is 1.12. The van der Waals surface area contributed by atoms with E-state index in [1.807, 2.05) is 30.3 Å². The van der Waals surface area contributed by atoms with Gasteiger partial charge in [0, 0.05) is 24.1 Å². The Kier molecular flexibility index (Phi) is 7.18. The van der Waals surface area contributed by atoms with Crippen molar-refractivity contribution in [3.05, 3.63) is 77.9 Å². The minimum Gasteiger partial charge on any atom is -0.478 e. The molecule has 0 fully saturated rings. The molecule has 1 amide bonds. The number of aromatic carboxylic acids is 1. The van der Waals surface area contributed by atoms with Gasteiger partial charge in [0.15, 0.2) is 0 Å². The molecule has 3 aromatic rings. The third-order valence-corrected chi connectivity index (χ3v) is 6.54. The van der Waals surface area contributed by atoms with Crippen LogP contribution in [0, 0.1) is 0 Å². The van der Waals surface area contributed by atoms with Gasteiger partial charge in [-0.05, 0) is 42.0 Å². The van der Waals surface area contributed by atoms with Crippen LogP contribution in [0.15, 0.2) is 81.4 Å². The number of nitrogens with two attached hydrogens (primary N) is 1. The summed E-state index contributed by atoms with van der Waals surface area (Å²) in [4.78, 5) is 23.5. The van der Waals surface area contributed by atoms with E-state index < -0.39 is 16.0 Å². The van der Waals surface area contributed by atoms with Crippen LogP contribution in [0.2, 0.25) is 0 Å². The van der Waals surface area contributed by atoms with Gasteiger partial charge in [0.1, 0.15) is 0 Å². The number of carboxylic acid groups (broad SMARTS) is 1. The SMILES string of the molecule is CC(=O)Nc1ccc(Sc2c(NCc3ccccc3)cc(C(=O)O)cc2S(N)(=O)=O)cc1. The number of carbonyl (C=O) groups excluding carboxylic acids is 1. The van der Waals surface area contributed by atoms with Crippen LogP contribution in [0.4, 0.5) is 11.4 Å². The van der Waals surface area contributed by atoms with Crippen LogP contribution >= 0.6 is 11.8 Å². The van der Waals surface area contributed by atoms with Crippen molar-refractivity contribution in [3.63, 3.8) is 0 Å². The normalized spacial score (nSPS) is 11.1. The van der Waals surface area contributed by atoms with Crippen molar-refractivity contribution < 1.29 is 23.1 Å². The van der Waals surface area contributed by atoms with Crippen LogP contribution in [0.25, 0.3) is 0 Å². The topological polar surface area (TPSA) is 139 Å². The zero-order valence-corrected chi connectivity index (χ0v) is 18.7. The average Bonchev–Trinajstić information content (AvgIpc) is 2.73. The first-order valence-corrected chi connectivity index (χ1v) is 11.8. The van der Waals surface area contributed by atoms with Crippen LogP contribution in [0.5, 0.6) is 0 Å². The van der Waals surface area contributed by atoms with Gasteiger partial charge in [0.25, 0.3) is 0 Å². The number of carboxylic acids is 1. The number of benzene rings is 3. The van der Waals surface area contributed by atoms with Crippen LogP contribution in [0.3, 0.4) is 0 Å². The number of hydrogen-bond donors (Lipinski definition) is 4. The highest BCUT2D eigenvalue weighted by Crippen LogP contribution is 2.39. The summed E-state index contributed by atoms with van der Waals surface area (Å²) in [5.41, 5.74) is 1.65. The van der Waals surface area contributed by atoms with Crippen LogP contribution in [-0.2, 0) is 21.4 Å². The maximum Gasteiger partial charge on any atom is 0.335 e. The van der Waals surface area contributed by atoms with E-state index in [1.54, 1.807) is 24.3 Å². The van der Waals surface area contributed by atoms with E-state index in [2.05, 4.69) is 10.6 Å².